The number of carbonyl (C=O) groups is 2. The molecule has 0 spiro atoms. The Morgan fingerprint density at radius 3 is 2.36 bits per heavy atom. The number of carboxylic acid groups (broad SMARTS) is 1. The van der Waals surface area contributed by atoms with Gasteiger partial charge in [-0.1, -0.05) is 0 Å². The SMILES string of the molecule is CNC(CCCC(=O)N(C)C)C(=O)O. The first kappa shape index (κ1) is 12.9. The predicted molar refractivity (Wildman–Crippen MR) is 53.0 cm³/mol. The molecule has 0 aliphatic rings. The van der Waals surface area contributed by atoms with Gasteiger partial charge in [0.25, 0.3) is 0 Å². The molecule has 1 amide bonds. The Labute approximate surface area is 84.1 Å². The first-order valence-electron chi connectivity index (χ1n) is 4.59. The van der Waals surface area contributed by atoms with Crippen LogP contribution in [-0.4, -0.2) is 49.1 Å². The van der Waals surface area contributed by atoms with Crippen molar-refractivity contribution in [2.24, 2.45) is 0 Å². The standard InChI is InChI=1S/C9H18N2O3/c1-10-7(9(13)14)5-4-6-8(12)11(2)3/h7,10H,4-6H2,1-3H3,(H,13,14). The second kappa shape index (κ2) is 6.37. The van der Waals surface area contributed by atoms with Crippen molar-refractivity contribution in [3.63, 3.8) is 0 Å². The summed E-state index contributed by atoms with van der Waals surface area (Å²) in [6.07, 6.45) is 1.47. The lowest BCUT2D eigenvalue weighted by Gasteiger charge is -2.12. The largest absolute Gasteiger partial charge is 0.480 e. The van der Waals surface area contributed by atoms with Crippen LogP contribution in [0.3, 0.4) is 0 Å². The zero-order valence-corrected chi connectivity index (χ0v) is 8.91. The molecule has 14 heavy (non-hydrogen) atoms. The molecule has 2 N–H and O–H groups in total. The molecule has 0 heterocycles. The van der Waals surface area contributed by atoms with Gasteiger partial charge in [-0.25, -0.2) is 0 Å². The normalized spacial score (nSPS) is 12.2. The fraction of sp³-hybridized carbons (Fsp3) is 0.778. The van der Waals surface area contributed by atoms with Gasteiger partial charge in [0.15, 0.2) is 0 Å². The minimum atomic E-state index is -0.871. The van der Waals surface area contributed by atoms with Gasteiger partial charge < -0.3 is 15.3 Å². The lowest BCUT2D eigenvalue weighted by molar-refractivity contribution is -0.139. The smallest absolute Gasteiger partial charge is 0.320 e. The van der Waals surface area contributed by atoms with Gasteiger partial charge in [-0.2, -0.15) is 0 Å². The number of aliphatic carboxylic acids is 1. The Hall–Kier alpha value is -1.10. The van der Waals surface area contributed by atoms with Crippen LogP contribution in [0.5, 0.6) is 0 Å². The summed E-state index contributed by atoms with van der Waals surface area (Å²) in [6, 6.07) is -0.551. The highest BCUT2D eigenvalue weighted by atomic mass is 16.4. The van der Waals surface area contributed by atoms with Gasteiger partial charge in [-0.15, -0.1) is 0 Å². The molecule has 0 saturated carbocycles. The minimum absolute atomic E-state index is 0.0326. The quantitative estimate of drug-likeness (QED) is 0.632. The van der Waals surface area contributed by atoms with E-state index >= 15 is 0 Å². The number of nitrogens with zero attached hydrogens (tertiary/aromatic N) is 1. The third kappa shape index (κ3) is 4.81. The van der Waals surface area contributed by atoms with Crippen molar-refractivity contribution in [2.45, 2.75) is 25.3 Å². The molecule has 5 nitrogen and oxygen atoms in total. The summed E-state index contributed by atoms with van der Waals surface area (Å²) in [6.45, 7) is 0. The fourth-order valence-electron chi connectivity index (χ4n) is 1.07. The summed E-state index contributed by atoms with van der Waals surface area (Å²) in [4.78, 5) is 23.2. The Kier molecular flexibility index (Phi) is 5.87. The Bertz CT molecular complexity index is 204. The molecule has 0 rings (SSSR count). The molecule has 82 valence electrons. The van der Waals surface area contributed by atoms with E-state index in [0.29, 0.717) is 19.3 Å². The summed E-state index contributed by atoms with van der Waals surface area (Å²) in [7, 11) is 4.98. The maximum atomic E-state index is 11.1. The van der Waals surface area contributed by atoms with Crippen LogP contribution < -0.4 is 5.32 Å². The molecule has 0 radical (unpaired) electrons. The van der Waals surface area contributed by atoms with Gasteiger partial charge in [-0.05, 0) is 19.9 Å². The first-order chi connectivity index (χ1) is 6.49. The van der Waals surface area contributed by atoms with E-state index in [2.05, 4.69) is 5.32 Å². The molecule has 0 fully saturated rings. The van der Waals surface area contributed by atoms with Crippen molar-refractivity contribution < 1.29 is 14.7 Å². The Morgan fingerprint density at radius 1 is 1.43 bits per heavy atom. The van der Waals surface area contributed by atoms with Crippen LogP contribution in [0.4, 0.5) is 0 Å². The van der Waals surface area contributed by atoms with Crippen molar-refractivity contribution >= 4 is 11.9 Å². The number of likely N-dealkylation sites (N-methyl/N-ethyl adjacent to an activating group) is 1. The van der Waals surface area contributed by atoms with Crippen LogP contribution in [-0.2, 0) is 9.59 Å². The van der Waals surface area contributed by atoms with Gasteiger partial charge in [0, 0.05) is 20.5 Å². The van der Waals surface area contributed by atoms with Crippen LogP contribution in [0, 0.1) is 0 Å². The summed E-state index contributed by atoms with van der Waals surface area (Å²) < 4.78 is 0. The van der Waals surface area contributed by atoms with E-state index in [0.717, 1.165) is 0 Å². The van der Waals surface area contributed by atoms with E-state index in [9.17, 15) is 9.59 Å². The molecule has 0 bridgehead atoms. The van der Waals surface area contributed by atoms with Crippen LogP contribution in [0.2, 0.25) is 0 Å². The fourth-order valence-corrected chi connectivity index (χ4v) is 1.07. The summed E-state index contributed by atoms with van der Waals surface area (Å²) in [5.41, 5.74) is 0. The molecule has 0 saturated heterocycles. The molecule has 0 aromatic heterocycles. The van der Waals surface area contributed by atoms with E-state index in [1.165, 1.54) is 4.90 Å². The third-order valence-corrected chi connectivity index (χ3v) is 2.03. The second-order valence-corrected chi connectivity index (χ2v) is 3.36. The molecule has 1 unspecified atom stereocenters. The van der Waals surface area contributed by atoms with Crippen molar-refractivity contribution in [2.75, 3.05) is 21.1 Å². The van der Waals surface area contributed by atoms with Gasteiger partial charge in [-0.3, -0.25) is 9.59 Å². The van der Waals surface area contributed by atoms with Crippen LogP contribution in [0.1, 0.15) is 19.3 Å². The summed E-state index contributed by atoms with van der Waals surface area (Å²) >= 11 is 0. The highest BCUT2D eigenvalue weighted by molar-refractivity contribution is 5.76. The van der Waals surface area contributed by atoms with Gasteiger partial charge >= 0.3 is 5.97 Å². The van der Waals surface area contributed by atoms with Crippen molar-refractivity contribution in [1.82, 2.24) is 10.2 Å². The van der Waals surface area contributed by atoms with Crippen LogP contribution >= 0.6 is 0 Å². The molecule has 1 atom stereocenters. The van der Waals surface area contributed by atoms with E-state index in [4.69, 9.17) is 5.11 Å². The lowest BCUT2D eigenvalue weighted by atomic mass is 10.1. The van der Waals surface area contributed by atoms with Crippen molar-refractivity contribution in [1.29, 1.82) is 0 Å². The average Bonchev–Trinajstić information content (AvgIpc) is 2.11. The van der Waals surface area contributed by atoms with E-state index in [1.54, 1.807) is 21.1 Å². The zero-order chi connectivity index (χ0) is 11.1. The second-order valence-electron chi connectivity index (χ2n) is 3.36. The number of nitrogens with one attached hydrogen (secondary N) is 1. The van der Waals surface area contributed by atoms with Crippen LogP contribution in [0.25, 0.3) is 0 Å². The van der Waals surface area contributed by atoms with Crippen molar-refractivity contribution in [3.05, 3.63) is 0 Å². The number of carboxylic acids is 1. The molecular formula is C9H18N2O3. The van der Waals surface area contributed by atoms with E-state index in [-0.39, 0.29) is 5.91 Å². The molecular weight excluding hydrogens is 184 g/mol. The van der Waals surface area contributed by atoms with Gasteiger partial charge in [0.05, 0.1) is 0 Å². The molecule has 0 aromatic carbocycles. The number of amides is 1. The monoisotopic (exact) mass is 202 g/mol. The number of carbonyl (C=O) groups excluding carboxylic acids is 1. The predicted octanol–water partition coefficient (Wildman–Crippen LogP) is -0.0825. The zero-order valence-electron chi connectivity index (χ0n) is 8.91. The average molecular weight is 202 g/mol. The lowest BCUT2D eigenvalue weighted by Crippen LogP contribution is -2.34. The Balaban J connectivity index is 3.72. The van der Waals surface area contributed by atoms with Crippen LogP contribution in [0.15, 0.2) is 0 Å². The molecule has 0 aromatic rings. The topological polar surface area (TPSA) is 69.6 Å². The summed E-state index contributed by atoms with van der Waals surface area (Å²) in [5, 5.41) is 11.4. The number of hydrogen-bond acceptors (Lipinski definition) is 3. The highest BCUT2D eigenvalue weighted by Gasteiger charge is 2.14. The van der Waals surface area contributed by atoms with Gasteiger partial charge in [0.2, 0.25) is 5.91 Å². The van der Waals surface area contributed by atoms with Crippen molar-refractivity contribution in [3.8, 4) is 0 Å². The molecule has 0 aliphatic carbocycles. The van der Waals surface area contributed by atoms with Gasteiger partial charge in [0.1, 0.15) is 6.04 Å². The minimum Gasteiger partial charge on any atom is -0.480 e. The third-order valence-electron chi connectivity index (χ3n) is 2.03. The number of hydrogen-bond donors (Lipinski definition) is 2. The Morgan fingerprint density at radius 2 is 2.00 bits per heavy atom. The first-order valence-corrected chi connectivity index (χ1v) is 4.59. The maximum Gasteiger partial charge on any atom is 0.320 e. The molecule has 5 heteroatoms. The maximum absolute atomic E-state index is 11.1. The summed E-state index contributed by atoms with van der Waals surface area (Å²) in [5.74, 6) is -0.838. The van der Waals surface area contributed by atoms with E-state index < -0.39 is 12.0 Å². The van der Waals surface area contributed by atoms with E-state index in [1.807, 2.05) is 0 Å². The number of rotatable bonds is 6. The highest BCUT2D eigenvalue weighted by Crippen LogP contribution is 2.02. The molecule has 0 aliphatic heterocycles.